The lowest BCUT2D eigenvalue weighted by Gasteiger charge is -2.39. The van der Waals surface area contributed by atoms with Crippen LogP contribution in [-0.2, 0) is 19.1 Å². The molecule has 0 spiro atoms. The second-order valence-corrected chi connectivity index (χ2v) is 4.77. The molecule has 0 aromatic rings. The molecule has 0 amide bonds. The van der Waals surface area contributed by atoms with Gasteiger partial charge in [0, 0.05) is 12.5 Å². The topological polar surface area (TPSA) is 52.6 Å². The van der Waals surface area contributed by atoms with E-state index in [0.717, 1.165) is 32.1 Å². The van der Waals surface area contributed by atoms with Gasteiger partial charge in [0.1, 0.15) is 11.7 Å². The van der Waals surface area contributed by atoms with Crippen LogP contribution in [0.5, 0.6) is 0 Å². The Kier molecular flexibility index (Phi) is 3.50. The number of carbonyl (C=O) groups is 2. The Labute approximate surface area is 101 Å². The lowest BCUT2D eigenvalue weighted by Crippen LogP contribution is -2.47. The Morgan fingerprint density at radius 1 is 1.41 bits per heavy atom. The van der Waals surface area contributed by atoms with Gasteiger partial charge in [0.25, 0.3) is 0 Å². The fourth-order valence-corrected chi connectivity index (χ4v) is 2.78. The molecule has 4 nitrogen and oxygen atoms in total. The molecule has 1 heterocycles. The van der Waals surface area contributed by atoms with E-state index in [2.05, 4.69) is 6.58 Å². The molecule has 1 aliphatic carbocycles. The van der Waals surface area contributed by atoms with E-state index < -0.39 is 11.6 Å². The van der Waals surface area contributed by atoms with Gasteiger partial charge < -0.3 is 9.47 Å². The second kappa shape index (κ2) is 4.90. The third kappa shape index (κ3) is 2.51. The summed E-state index contributed by atoms with van der Waals surface area (Å²) in [6.45, 7) is 3.42. The van der Waals surface area contributed by atoms with E-state index in [1.807, 2.05) is 0 Å². The highest BCUT2D eigenvalue weighted by Crippen LogP contribution is 2.40. The lowest BCUT2D eigenvalue weighted by atomic mass is 9.79. The van der Waals surface area contributed by atoms with Crippen LogP contribution in [-0.4, -0.2) is 23.6 Å². The van der Waals surface area contributed by atoms with Gasteiger partial charge in [0.15, 0.2) is 0 Å². The molecule has 0 radical (unpaired) electrons. The second-order valence-electron chi connectivity index (χ2n) is 4.77. The molecular formula is C13H18O4. The van der Waals surface area contributed by atoms with Gasteiger partial charge in [-0.1, -0.05) is 13.0 Å². The molecule has 2 rings (SSSR count). The quantitative estimate of drug-likeness (QED) is 0.558. The van der Waals surface area contributed by atoms with E-state index in [1.165, 1.54) is 6.08 Å². The highest BCUT2D eigenvalue weighted by Gasteiger charge is 2.47. The van der Waals surface area contributed by atoms with Gasteiger partial charge in [-0.15, -0.1) is 0 Å². The van der Waals surface area contributed by atoms with Crippen LogP contribution in [0.3, 0.4) is 0 Å². The summed E-state index contributed by atoms with van der Waals surface area (Å²) in [5.74, 6) is -0.607. The molecule has 0 aromatic carbocycles. The third-order valence-corrected chi connectivity index (χ3v) is 3.64. The Hall–Kier alpha value is -1.32. The largest absolute Gasteiger partial charge is 0.458 e. The van der Waals surface area contributed by atoms with Gasteiger partial charge in [-0.25, -0.2) is 4.79 Å². The Bertz CT molecular complexity index is 328. The van der Waals surface area contributed by atoms with Crippen molar-refractivity contribution in [1.29, 1.82) is 0 Å². The molecular weight excluding hydrogens is 220 g/mol. The van der Waals surface area contributed by atoms with Crippen molar-refractivity contribution in [3.8, 4) is 0 Å². The normalized spacial score (nSPS) is 27.3. The third-order valence-electron chi connectivity index (χ3n) is 3.64. The molecule has 2 fully saturated rings. The van der Waals surface area contributed by atoms with Crippen molar-refractivity contribution in [2.24, 2.45) is 0 Å². The summed E-state index contributed by atoms with van der Waals surface area (Å²) in [5.41, 5.74) is -0.602. The molecule has 1 saturated carbocycles. The van der Waals surface area contributed by atoms with E-state index in [9.17, 15) is 9.59 Å². The predicted octanol–water partition coefficient (Wildman–Crippen LogP) is 2.12. The maximum atomic E-state index is 11.4. The highest BCUT2D eigenvalue weighted by atomic mass is 16.6. The molecule has 1 aliphatic heterocycles. The van der Waals surface area contributed by atoms with Gasteiger partial charge in [0.05, 0.1) is 0 Å². The number of cyclic esters (lactones) is 1. The van der Waals surface area contributed by atoms with Gasteiger partial charge in [-0.2, -0.15) is 0 Å². The number of carbonyl (C=O) groups excluding carboxylic acids is 2. The van der Waals surface area contributed by atoms with E-state index >= 15 is 0 Å². The monoisotopic (exact) mass is 238 g/mol. The average molecular weight is 238 g/mol. The van der Waals surface area contributed by atoms with Crippen molar-refractivity contribution < 1.29 is 19.1 Å². The maximum absolute atomic E-state index is 11.4. The highest BCUT2D eigenvalue weighted by molar-refractivity contribution is 5.81. The Balaban J connectivity index is 2.13. The standard InChI is InChI=1S/C13H18O4/c1-2-11(14)17-13(8-4-3-5-9-13)10-6-7-12(15)16-10/h2,10H,1,3-9H2. The zero-order valence-corrected chi connectivity index (χ0v) is 9.94. The van der Waals surface area contributed by atoms with Gasteiger partial charge >= 0.3 is 11.9 Å². The summed E-state index contributed by atoms with van der Waals surface area (Å²) in [7, 11) is 0. The average Bonchev–Trinajstić information content (AvgIpc) is 2.77. The number of hydrogen-bond acceptors (Lipinski definition) is 4. The lowest BCUT2D eigenvalue weighted by molar-refractivity contribution is -0.180. The van der Waals surface area contributed by atoms with E-state index in [1.54, 1.807) is 0 Å². The fourth-order valence-electron chi connectivity index (χ4n) is 2.78. The number of ether oxygens (including phenoxy) is 2. The molecule has 0 aromatic heterocycles. The van der Waals surface area contributed by atoms with Gasteiger partial charge in [0.2, 0.25) is 0 Å². The van der Waals surface area contributed by atoms with Crippen LogP contribution in [0.4, 0.5) is 0 Å². The molecule has 0 N–H and O–H groups in total. The molecule has 1 saturated heterocycles. The first-order valence-electron chi connectivity index (χ1n) is 6.21. The van der Waals surface area contributed by atoms with Crippen molar-refractivity contribution in [2.45, 2.75) is 56.7 Å². The van der Waals surface area contributed by atoms with E-state index in [0.29, 0.717) is 12.8 Å². The maximum Gasteiger partial charge on any atom is 0.330 e. The van der Waals surface area contributed by atoms with Crippen LogP contribution in [0.2, 0.25) is 0 Å². The molecule has 1 unspecified atom stereocenters. The zero-order valence-electron chi connectivity index (χ0n) is 9.94. The van der Waals surface area contributed by atoms with Crippen molar-refractivity contribution in [3.05, 3.63) is 12.7 Å². The minimum atomic E-state index is -0.602. The number of esters is 2. The molecule has 94 valence electrons. The SMILES string of the molecule is C=CC(=O)OC1(C2CCC(=O)O2)CCCCC1. The molecule has 17 heavy (non-hydrogen) atoms. The summed E-state index contributed by atoms with van der Waals surface area (Å²) in [6.07, 6.45) is 6.73. The van der Waals surface area contributed by atoms with Crippen LogP contribution in [0.25, 0.3) is 0 Å². The smallest absolute Gasteiger partial charge is 0.330 e. The minimum Gasteiger partial charge on any atom is -0.458 e. The fraction of sp³-hybridized carbons (Fsp3) is 0.692. The summed E-state index contributed by atoms with van der Waals surface area (Å²) in [5, 5.41) is 0. The van der Waals surface area contributed by atoms with Crippen molar-refractivity contribution in [2.75, 3.05) is 0 Å². The first-order valence-corrected chi connectivity index (χ1v) is 6.21. The number of hydrogen-bond donors (Lipinski definition) is 0. The van der Waals surface area contributed by atoms with Crippen LogP contribution in [0.15, 0.2) is 12.7 Å². The van der Waals surface area contributed by atoms with Gasteiger partial charge in [-0.05, 0) is 32.1 Å². The zero-order chi connectivity index (χ0) is 12.3. The van der Waals surface area contributed by atoms with Crippen LogP contribution in [0, 0.1) is 0 Å². The summed E-state index contributed by atoms with van der Waals surface area (Å²) in [6, 6.07) is 0. The first kappa shape index (κ1) is 12.1. The van der Waals surface area contributed by atoms with Crippen LogP contribution >= 0.6 is 0 Å². The van der Waals surface area contributed by atoms with E-state index in [-0.39, 0.29) is 12.1 Å². The first-order chi connectivity index (χ1) is 8.16. The van der Waals surface area contributed by atoms with Crippen molar-refractivity contribution in [3.63, 3.8) is 0 Å². The number of rotatable bonds is 3. The van der Waals surface area contributed by atoms with Crippen LogP contribution in [0.1, 0.15) is 44.9 Å². The minimum absolute atomic E-state index is 0.186. The summed E-state index contributed by atoms with van der Waals surface area (Å²) < 4.78 is 10.8. The van der Waals surface area contributed by atoms with Crippen molar-refractivity contribution >= 4 is 11.9 Å². The predicted molar refractivity (Wildman–Crippen MR) is 61.2 cm³/mol. The summed E-state index contributed by atoms with van der Waals surface area (Å²) >= 11 is 0. The molecule has 2 aliphatic rings. The van der Waals surface area contributed by atoms with Crippen molar-refractivity contribution in [1.82, 2.24) is 0 Å². The van der Waals surface area contributed by atoms with Crippen LogP contribution < -0.4 is 0 Å². The Morgan fingerprint density at radius 3 is 2.65 bits per heavy atom. The van der Waals surface area contributed by atoms with Gasteiger partial charge in [-0.3, -0.25) is 4.79 Å². The molecule has 0 bridgehead atoms. The molecule has 1 atom stereocenters. The molecule has 4 heteroatoms. The Morgan fingerprint density at radius 2 is 2.12 bits per heavy atom. The summed E-state index contributed by atoms with van der Waals surface area (Å²) in [4.78, 5) is 22.7. The van der Waals surface area contributed by atoms with E-state index in [4.69, 9.17) is 9.47 Å².